The first-order valence-electron chi connectivity index (χ1n) is 13.6. The van der Waals surface area contributed by atoms with Crippen molar-refractivity contribution in [3.63, 3.8) is 0 Å². The number of aromatic nitrogens is 5. The van der Waals surface area contributed by atoms with Crippen molar-refractivity contribution in [3.8, 4) is 17.0 Å². The molecule has 45 heavy (non-hydrogen) atoms. The van der Waals surface area contributed by atoms with E-state index in [1.54, 1.807) is 35.3 Å². The van der Waals surface area contributed by atoms with Crippen LogP contribution >= 0.6 is 9.24 Å². The highest BCUT2D eigenvalue weighted by molar-refractivity contribution is 7.15. The summed E-state index contributed by atoms with van der Waals surface area (Å²) in [7, 11) is 6.47. The molecular formula is C29H36F3N8O4P. The normalized spacial score (nSPS) is 11.4. The maximum absolute atomic E-state index is 14.0. The number of benzene rings is 1. The van der Waals surface area contributed by atoms with Crippen molar-refractivity contribution >= 4 is 38.3 Å². The maximum atomic E-state index is 14.0. The Kier molecular flexibility index (Phi) is 11.8. The minimum Gasteiger partial charge on any atom is -0.495 e. The molecule has 3 heterocycles. The minimum atomic E-state index is -4.80. The van der Waals surface area contributed by atoms with E-state index in [0.717, 1.165) is 12.7 Å². The molecule has 4 rings (SSSR count). The summed E-state index contributed by atoms with van der Waals surface area (Å²) in [6, 6.07) is 8.34. The number of ether oxygens (including phenoxy) is 1. The standard InChI is InChI=1S/C28H32F3N8O3P.CH4O/c1-27(2,9-10-40)39-14-17(12-34-39)19-7-8-21(23(35-19)25(41)32-3)36-24-18(28(29,30)31)13-33-26(38-24)37-20-6-5-16(15-43)11-22(20)42-4;1-2/h5-8,11-14,40H,9-10,15,43H2,1-4H3,(H,32,41)(H2,33,36,37,38);2H,1H3. The second kappa shape index (κ2) is 15.1. The van der Waals surface area contributed by atoms with Gasteiger partial charge in [0.15, 0.2) is 5.69 Å². The number of anilines is 4. The van der Waals surface area contributed by atoms with E-state index in [4.69, 9.17) is 9.84 Å². The van der Waals surface area contributed by atoms with E-state index in [1.807, 2.05) is 19.9 Å². The van der Waals surface area contributed by atoms with Gasteiger partial charge in [-0.2, -0.15) is 23.3 Å². The van der Waals surface area contributed by atoms with Gasteiger partial charge in [0.05, 0.1) is 35.9 Å². The Bertz CT molecular complexity index is 1610. The zero-order valence-electron chi connectivity index (χ0n) is 25.4. The Morgan fingerprint density at radius 1 is 1.07 bits per heavy atom. The maximum Gasteiger partial charge on any atom is 0.421 e. The van der Waals surface area contributed by atoms with E-state index in [0.29, 0.717) is 41.5 Å². The van der Waals surface area contributed by atoms with Crippen LogP contribution in [0, 0.1) is 0 Å². The number of nitrogens with one attached hydrogen (secondary N) is 3. The Morgan fingerprint density at radius 3 is 2.40 bits per heavy atom. The van der Waals surface area contributed by atoms with Crippen LogP contribution in [0.4, 0.5) is 36.3 Å². The van der Waals surface area contributed by atoms with Crippen molar-refractivity contribution < 1.29 is 32.9 Å². The van der Waals surface area contributed by atoms with E-state index < -0.39 is 29.0 Å². The molecule has 16 heteroatoms. The summed E-state index contributed by atoms with van der Waals surface area (Å²) in [4.78, 5) is 25.2. The van der Waals surface area contributed by atoms with Crippen LogP contribution in [0.1, 0.15) is 41.9 Å². The molecule has 0 aliphatic rings. The van der Waals surface area contributed by atoms with E-state index >= 15 is 0 Å². The molecule has 0 bridgehead atoms. The number of aliphatic hydroxyl groups excluding tert-OH is 2. The summed E-state index contributed by atoms with van der Waals surface area (Å²) in [6.45, 7) is 3.80. The lowest BCUT2D eigenvalue weighted by atomic mass is 10.0. The summed E-state index contributed by atoms with van der Waals surface area (Å²) >= 11 is 0. The second-order valence-corrected chi connectivity index (χ2v) is 10.5. The molecule has 0 spiro atoms. The highest BCUT2D eigenvalue weighted by Crippen LogP contribution is 2.37. The average molecular weight is 649 g/mol. The summed E-state index contributed by atoms with van der Waals surface area (Å²) in [5.74, 6) is -0.875. The molecule has 0 aliphatic heterocycles. The van der Waals surface area contributed by atoms with E-state index in [1.165, 1.54) is 20.2 Å². The molecule has 5 N–H and O–H groups in total. The van der Waals surface area contributed by atoms with Crippen LogP contribution in [-0.2, 0) is 17.9 Å². The number of hydrogen-bond acceptors (Lipinski definition) is 10. The highest BCUT2D eigenvalue weighted by atomic mass is 31.0. The summed E-state index contributed by atoms with van der Waals surface area (Å²) in [5, 5.41) is 28.8. The van der Waals surface area contributed by atoms with Crippen LogP contribution in [0.5, 0.6) is 5.75 Å². The van der Waals surface area contributed by atoms with Crippen LogP contribution in [0.25, 0.3) is 11.3 Å². The van der Waals surface area contributed by atoms with E-state index in [9.17, 15) is 23.1 Å². The van der Waals surface area contributed by atoms with Crippen molar-refractivity contribution in [1.29, 1.82) is 0 Å². The number of carbonyl (C=O) groups is 1. The van der Waals surface area contributed by atoms with Crippen LogP contribution in [-0.4, -0.2) is 68.7 Å². The molecule has 3 aromatic heterocycles. The number of rotatable bonds is 11. The van der Waals surface area contributed by atoms with E-state index in [-0.39, 0.29) is 23.9 Å². The largest absolute Gasteiger partial charge is 0.495 e. The Hall–Kier alpha value is -4.33. The predicted molar refractivity (Wildman–Crippen MR) is 168 cm³/mol. The first-order chi connectivity index (χ1) is 21.4. The number of amides is 1. The first kappa shape index (κ1) is 35.2. The fraction of sp³-hybridized carbons (Fsp3) is 0.345. The summed E-state index contributed by atoms with van der Waals surface area (Å²) < 4.78 is 49.1. The monoisotopic (exact) mass is 648 g/mol. The molecule has 1 amide bonds. The lowest BCUT2D eigenvalue weighted by Crippen LogP contribution is -2.27. The number of nitrogens with zero attached hydrogens (tertiary/aromatic N) is 5. The van der Waals surface area contributed by atoms with Crippen LogP contribution in [0.2, 0.25) is 0 Å². The zero-order valence-corrected chi connectivity index (χ0v) is 26.6. The predicted octanol–water partition coefficient (Wildman–Crippen LogP) is 4.71. The van der Waals surface area contributed by atoms with Gasteiger partial charge in [-0.05, 0) is 56.3 Å². The van der Waals surface area contributed by atoms with Gasteiger partial charge in [-0.15, -0.1) is 9.24 Å². The Labute approximate surface area is 260 Å². The number of methoxy groups -OCH3 is 1. The van der Waals surface area contributed by atoms with Gasteiger partial charge < -0.3 is 30.9 Å². The lowest BCUT2D eigenvalue weighted by Gasteiger charge is -2.24. The SMILES string of the molecule is CNC(=O)c1nc(-c2cnn(C(C)(C)CCO)c2)ccc1Nc1nc(Nc2ccc(CP)cc2OC)ncc1C(F)(F)F.CO. The van der Waals surface area contributed by atoms with Crippen molar-refractivity contribution in [2.24, 2.45) is 0 Å². The molecule has 0 saturated carbocycles. The number of halogens is 3. The molecule has 242 valence electrons. The van der Waals surface area contributed by atoms with Gasteiger partial charge in [-0.25, -0.2) is 9.97 Å². The molecule has 0 radical (unpaired) electrons. The van der Waals surface area contributed by atoms with Gasteiger partial charge >= 0.3 is 6.18 Å². The van der Waals surface area contributed by atoms with Crippen molar-refractivity contribution in [2.45, 2.75) is 38.1 Å². The third-order valence-electron chi connectivity index (χ3n) is 6.65. The number of alkyl halides is 3. The van der Waals surface area contributed by atoms with Crippen molar-refractivity contribution in [3.05, 3.63) is 65.7 Å². The molecule has 0 saturated heterocycles. The van der Waals surface area contributed by atoms with Gasteiger partial charge in [0.2, 0.25) is 5.95 Å². The van der Waals surface area contributed by atoms with Gasteiger partial charge in [-0.3, -0.25) is 9.48 Å². The molecule has 1 atom stereocenters. The molecule has 12 nitrogen and oxygen atoms in total. The van der Waals surface area contributed by atoms with Gasteiger partial charge in [-0.1, -0.05) is 6.07 Å². The smallest absolute Gasteiger partial charge is 0.421 e. The van der Waals surface area contributed by atoms with Crippen molar-refractivity contribution in [1.82, 2.24) is 30.0 Å². The highest BCUT2D eigenvalue weighted by Gasteiger charge is 2.36. The van der Waals surface area contributed by atoms with Crippen molar-refractivity contribution in [2.75, 3.05) is 38.5 Å². The second-order valence-electron chi connectivity index (χ2n) is 10.1. The summed E-state index contributed by atoms with van der Waals surface area (Å²) in [6.07, 6.45) is 0.295. The first-order valence-corrected chi connectivity index (χ1v) is 14.4. The molecule has 1 unspecified atom stereocenters. The third-order valence-corrected chi connectivity index (χ3v) is 7.13. The van der Waals surface area contributed by atoms with E-state index in [2.05, 4.69) is 45.2 Å². The van der Waals surface area contributed by atoms with Gasteiger partial charge in [0.1, 0.15) is 17.1 Å². The number of aliphatic hydroxyl groups is 2. The number of pyridine rings is 1. The fourth-order valence-corrected chi connectivity index (χ4v) is 4.40. The average Bonchev–Trinajstić information content (AvgIpc) is 3.53. The van der Waals surface area contributed by atoms with Crippen LogP contribution in [0.15, 0.2) is 48.9 Å². The quantitative estimate of drug-likeness (QED) is 0.144. The molecule has 4 aromatic rings. The van der Waals surface area contributed by atoms with Crippen LogP contribution in [0.3, 0.4) is 0 Å². The number of hydrogen-bond donors (Lipinski definition) is 5. The molecule has 0 fully saturated rings. The number of carbonyl (C=O) groups excluding carboxylic acids is 1. The third kappa shape index (κ3) is 8.44. The molecular weight excluding hydrogens is 612 g/mol. The zero-order chi connectivity index (χ0) is 33.4. The summed E-state index contributed by atoms with van der Waals surface area (Å²) in [5.41, 5.74) is 0.601. The molecule has 1 aromatic carbocycles. The van der Waals surface area contributed by atoms with Gasteiger partial charge in [0, 0.05) is 38.7 Å². The minimum absolute atomic E-state index is 0.00590. The fourth-order valence-electron chi connectivity index (χ4n) is 4.15. The lowest BCUT2D eigenvalue weighted by molar-refractivity contribution is -0.137. The topological polar surface area (TPSA) is 159 Å². The Balaban J connectivity index is 0.00000271. The molecule has 0 aliphatic carbocycles. The van der Waals surface area contributed by atoms with Gasteiger partial charge in [0.25, 0.3) is 5.91 Å². The van der Waals surface area contributed by atoms with Crippen LogP contribution < -0.4 is 20.7 Å². The Morgan fingerprint density at radius 2 is 1.78 bits per heavy atom.